The molecule has 0 saturated heterocycles. The largest absolute Gasteiger partial charge is 0.478 e. The molecule has 2 N–H and O–H groups in total. The zero-order valence-corrected chi connectivity index (χ0v) is 12.5. The van der Waals surface area contributed by atoms with E-state index in [1.165, 1.54) is 25.3 Å². The quantitative estimate of drug-likeness (QED) is 0.818. The molecular weight excluding hydrogens is 266 g/mol. The second-order valence-electron chi connectivity index (χ2n) is 6.09. The fraction of sp³-hybridized carbons (Fsp3) is 0.412. The summed E-state index contributed by atoms with van der Waals surface area (Å²) in [5, 5.41) is 11.6. The molecule has 0 unspecified atom stereocenters. The number of rotatable bonds is 5. The van der Waals surface area contributed by atoms with Crippen molar-refractivity contribution < 1.29 is 14.7 Å². The number of hydrogen-bond donors (Lipinski definition) is 2. The highest BCUT2D eigenvalue weighted by Crippen LogP contribution is 2.39. The van der Waals surface area contributed by atoms with Crippen molar-refractivity contribution in [2.45, 2.75) is 33.1 Å². The van der Waals surface area contributed by atoms with Gasteiger partial charge in [-0.25, -0.2) is 4.79 Å². The maximum atomic E-state index is 12.1. The fourth-order valence-electron chi connectivity index (χ4n) is 2.52. The van der Waals surface area contributed by atoms with E-state index in [0.717, 1.165) is 17.2 Å². The van der Waals surface area contributed by atoms with Crippen LogP contribution >= 0.6 is 0 Å². The van der Waals surface area contributed by atoms with Crippen LogP contribution < -0.4 is 5.32 Å². The van der Waals surface area contributed by atoms with Gasteiger partial charge in [-0.2, -0.15) is 0 Å². The van der Waals surface area contributed by atoms with Crippen LogP contribution in [0.4, 0.5) is 0 Å². The molecule has 0 aliphatic heterocycles. The number of benzene rings is 1. The van der Waals surface area contributed by atoms with E-state index in [2.05, 4.69) is 12.2 Å². The lowest BCUT2D eigenvalue weighted by Crippen LogP contribution is -2.39. The van der Waals surface area contributed by atoms with E-state index in [1.807, 2.05) is 6.92 Å². The summed E-state index contributed by atoms with van der Waals surface area (Å²) in [5.41, 5.74) is 2.56. The summed E-state index contributed by atoms with van der Waals surface area (Å²) in [7, 11) is 0. The molecule has 1 fully saturated rings. The molecule has 1 aliphatic carbocycles. The van der Waals surface area contributed by atoms with Gasteiger partial charge in [0.2, 0.25) is 0 Å². The first-order chi connectivity index (χ1) is 9.89. The third kappa shape index (κ3) is 3.94. The molecule has 0 atom stereocenters. The summed E-state index contributed by atoms with van der Waals surface area (Å²) < 4.78 is 0. The number of hydrogen-bond acceptors (Lipinski definition) is 2. The van der Waals surface area contributed by atoms with E-state index < -0.39 is 5.97 Å². The fourth-order valence-corrected chi connectivity index (χ4v) is 2.52. The summed E-state index contributed by atoms with van der Waals surface area (Å²) in [6.45, 7) is 4.78. The van der Waals surface area contributed by atoms with E-state index in [0.29, 0.717) is 12.1 Å². The molecule has 0 aromatic heterocycles. The SMILES string of the molecule is Cc1cc(C(=O)NCC2(C)CCC2)ccc1/C=C/C(=O)O. The molecular formula is C17H21NO3. The number of carbonyl (C=O) groups excluding carboxylic acids is 1. The van der Waals surface area contributed by atoms with Crippen molar-refractivity contribution in [3.8, 4) is 0 Å². The zero-order chi connectivity index (χ0) is 15.5. The summed E-state index contributed by atoms with van der Waals surface area (Å²) in [4.78, 5) is 22.7. The molecule has 112 valence electrons. The highest BCUT2D eigenvalue weighted by molar-refractivity contribution is 5.95. The Morgan fingerprint density at radius 2 is 2.10 bits per heavy atom. The molecule has 1 aliphatic rings. The van der Waals surface area contributed by atoms with E-state index in [-0.39, 0.29) is 11.3 Å². The molecule has 1 saturated carbocycles. The molecule has 4 heteroatoms. The first-order valence-electron chi connectivity index (χ1n) is 7.19. The molecule has 4 nitrogen and oxygen atoms in total. The average molecular weight is 287 g/mol. The van der Waals surface area contributed by atoms with Crippen LogP contribution in [-0.4, -0.2) is 23.5 Å². The van der Waals surface area contributed by atoms with Crippen LogP contribution in [0.2, 0.25) is 0 Å². The van der Waals surface area contributed by atoms with Gasteiger partial charge in [0.15, 0.2) is 0 Å². The van der Waals surface area contributed by atoms with Crippen molar-refractivity contribution in [2.24, 2.45) is 5.41 Å². The van der Waals surface area contributed by atoms with Crippen molar-refractivity contribution in [1.82, 2.24) is 5.32 Å². The Balaban J connectivity index is 2.01. The van der Waals surface area contributed by atoms with Gasteiger partial charge in [-0.15, -0.1) is 0 Å². The van der Waals surface area contributed by atoms with Crippen LogP contribution in [0.5, 0.6) is 0 Å². The maximum absolute atomic E-state index is 12.1. The molecule has 21 heavy (non-hydrogen) atoms. The average Bonchev–Trinajstić information content (AvgIpc) is 2.41. The van der Waals surface area contributed by atoms with Gasteiger partial charge < -0.3 is 10.4 Å². The van der Waals surface area contributed by atoms with Crippen LogP contribution in [0.15, 0.2) is 24.3 Å². The number of carbonyl (C=O) groups is 2. The minimum Gasteiger partial charge on any atom is -0.478 e. The van der Waals surface area contributed by atoms with Crippen LogP contribution in [-0.2, 0) is 4.79 Å². The molecule has 0 spiro atoms. The summed E-state index contributed by atoms with van der Waals surface area (Å²) >= 11 is 0. The Labute approximate surface area is 124 Å². The number of carboxylic acids is 1. The predicted octanol–water partition coefficient (Wildman–Crippen LogP) is 3.01. The number of aryl methyl sites for hydroxylation is 1. The molecule has 0 radical (unpaired) electrons. The Hall–Kier alpha value is -2.10. The first-order valence-corrected chi connectivity index (χ1v) is 7.19. The second-order valence-corrected chi connectivity index (χ2v) is 6.09. The monoisotopic (exact) mass is 287 g/mol. The lowest BCUT2D eigenvalue weighted by molar-refractivity contribution is -0.131. The lowest BCUT2D eigenvalue weighted by Gasteiger charge is -2.38. The van der Waals surface area contributed by atoms with E-state index in [4.69, 9.17) is 5.11 Å². The van der Waals surface area contributed by atoms with Crippen molar-refractivity contribution in [3.63, 3.8) is 0 Å². The summed E-state index contributed by atoms with van der Waals surface area (Å²) in [6.07, 6.45) is 6.22. The zero-order valence-electron chi connectivity index (χ0n) is 12.5. The Morgan fingerprint density at radius 3 is 2.62 bits per heavy atom. The van der Waals surface area contributed by atoms with E-state index in [9.17, 15) is 9.59 Å². The number of carboxylic acid groups (broad SMARTS) is 1. The number of nitrogens with one attached hydrogen (secondary N) is 1. The highest BCUT2D eigenvalue weighted by Gasteiger charge is 2.31. The number of amides is 1. The van der Waals surface area contributed by atoms with Gasteiger partial charge in [-0.05, 0) is 54.5 Å². The maximum Gasteiger partial charge on any atom is 0.328 e. The van der Waals surface area contributed by atoms with Gasteiger partial charge >= 0.3 is 5.97 Å². The Bertz CT molecular complexity index is 586. The van der Waals surface area contributed by atoms with Gasteiger partial charge in [0.05, 0.1) is 0 Å². The lowest BCUT2D eigenvalue weighted by atomic mass is 9.70. The van der Waals surface area contributed by atoms with Crippen molar-refractivity contribution >= 4 is 18.0 Å². The minimum atomic E-state index is -0.982. The highest BCUT2D eigenvalue weighted by atomic mass is 16.4. The van der Waals surface area contributed by atoms with Gasteiger partial charge in [0.25, 0.3) is 5.91 Å². The van der Waals surface area contributed by atoms with E-state index >= 15 is 0 Å². The third-order valence-electron chi connectivity index (χ3n) is 4.17. The van der Waals surface area contributed by atoms with Crippen LogP contribution in [0, 0.1) is 12.3 Å². The van der Waals surface area contributed by atoms with Gasteiger partial charge in [-0.3, -0.25) is 4.79 Å². The smallest absolute Gasteiger partial charge is 0.328 e. The predicted molar refractivity (Wildman–Crippen MR) is 82.1 cm³/mol. The van der Waals surface area contributed by atoms with Crippen LogP contribution in [0.1, 0.15) is 47.7 Å². The van der Waals surface area contributed by atoms with Crippen LogP contribution in [0.25, 0.3) is 6.08 Å². The molecule has 0 heterocycles. The summed E-state index contributed by atoms with van der Waals surface area (Å²) in [6, 6.07) is 5.29. The van der Waals surface area contributed by atoms with Gasteiger partial charge in [0.1, 0.15) is 0 Å². The van der Waals surface area contributed by atoms with Gasteiger partial charge in [0, 0.05) is 18.2 Å². The molecule has 1 aromatic carbocycles. The second kappa shape index (κ2) is 6.12. The Kier molecular flexibility index (Phi) is 4.46. The standard InChI is InChI=1S/C17H21NO3/c1-12-10-14(5-4-13(12)6-7-15(19)20)16(21)18-11-17(2)8-3-9-17/h4-7,10H,3,8-9,11H2,1-2H3,(H,18,21)(H,19,20)/b7-6+. The molecule has 0 bridgehead atoms. The normalized spacial score (nSPS) is 16.5. The topological polar surface area (TPSA) is 66.4 Å². The minimum absolute atomic E-state index is 0.0695. The number of aliphatic carboxylic acids is 1. The van der Waals surface area contributed by atoms with E-state index in [1.54, 1.807) is 18.2 Å². The van der Waals surface area contributed by atoms with Crippen molar-refractivity contribution in [1.29, 1.82) is 0 Å². The Morgan fingerprint density at radius 1 is 1.38 bits per heavy atom. The molecule has 1 aromatic rings. The molecule has 2 rings (SSSR count). The van der Waals surface area contributed by atoms with Crippen molar-refractivity contribution in [3.05, 3.63) is 41.0 Å². The van der Waals surface area contributed by atoms with Gasteiger partial charge in [-0.1, -0.05) is 19.4 Å². The summed E-state index contributed by atoms with van der Waals surface area (Å²) in [5.74, 6) is -1.05. The third-order valence-corrected chi connectivity index (χ3v) is 4.17. The molecule has 1 amide bonds. The first kappa shape index (κ1) is 15.3. The van der Waals surface area contributed by atoms with Crippen molar-refractivity contribution in [2.75, 3.05) is 6.54 Å². The van der Waals surface area contributed by atoms with Crippen LogP contribution in [0.3, 0.4) is 0 Å².